The fraction of sp³-hybridized carbons (Fsp3) is 0.462. The average molecular weight is 255 g/mol. The molecule has 0 aromatic heterocycles. The maximum atomic E-state index is 11.6. The summed E-state index contributed by atoms with van der Waals surface area (Å²) in [6.45, 7) is 4.55. The van der Waals surface area contributed by atoms with E-state index >= 15 is 0 Å². The van der Waals surface area contributed by atoms with Gasteiger partial charge in [-0.1, -0.05) is 17.7 Å². The molecule has 4 heteroatoms. The number of halogens is 1. The van der Waals surface area contributed by atoms with Crippen molar-refractivity contribution < 1.29 is 4.79 Å². The fourth-order valence-electron chi connectivity index (χ4n) is 1.60. The molecule has 1 unspecified atom stereocenters. The topological polar surface area (TPSA) is 32.3 Å². The Kier molecular flexibility index (Phi) is 4.97. The van der Waals surface area contributed by atoms with Gasteiger partial charge in [-0.05, 0) is 37.1 Å². The Hall–Kier alpha value is -1.06. The number of hydrogen-bond acceptors (Lipinski definition) is 2. The molecule has 0 radical (unpaired) electrons. The third-order valence-electron chi connectivity index (χ3n) is 2.71. The summed E-state index contributed by atoms with van der Waals surface area (Å²) >= 11 is 5.89. The lowest BCUT2D eigenvalue weighted by Crippen LogP contribution is -2.41. The van der Waals surface area contributed by atoms with Crippen LogP contribution in [0.1, 0.15) is 18.1 Å². The summed E-state index contributed by atoms with van der Waals surface area (Å²) in [6.07, 6.45) is 0. The van der Waals surface area contributed by atoms with Crippen LogP contribution in [0.3, 0.4) is 0 Å². The standard InChI is InChI=1S/C13H19ClN2O/c1-9-7-12(14)6-5-11(9)8-15-10(2)13(17)16(3)4/h5-7,10,15H,8H2,1-4H3. The van der Waals surface area contributed by atoms with Gasteiger partial charge in [0, 0.05) is 25.7 Å². The second-order valence-corrected chi connectivity index (χ2v) is 4.84. The van der Waals surface area contributed by atoms with Gasteiger partial charge in [-0.25, -0.2) is 0 Å². The number of nitrogens with one attached hydrogen (secondary N) is 1. The quantitative estimate of drug-likeness (QED) is 0.894. The van der Waals surface area contributed by atoms with E-state index in [1.807, 2.05) is 32.0 Å². The number of likely N-dealkylation sites (N-methyl/N-ethyl adjacent to an activating group) is 1. The van der Waals surface area contributed by atoms with Crippen molar-refractivity contribution in [3.63, 3.8) is 0 Å². The molecule has 17 heavy (non-hydrogen) atoms. The first kappa shape index (κ1) is 14.0. The van der Waals surface area contributed by atoms with Crippen molar-refractivity contribution >= 4 is 17.5 Å². The summed E-state index contributed by atoms with van der Waals surface area (Å²) in [5.41, 5.74) is 2.29. The minimum atomic E-state index is -0.180. The Morgan fingerprint density at radius 1 is 1.47 bits per heavy atom. The number of nitrogens with zero attached hydrogens (tertiary/aromatic N) is 1. The first-order chi connectivity index (χ1) is 7.91. The van der Waals surface area contributed by atoms with Crippen molar-refractivity contribution in [2.45, 2.75) is 26.4 Å². The SMILES string of the molecule is Cc1cc(Cl)ccc1CNC(C)C(=O)N(C)C. The molecule has 1 rings (SSSR count). The highest BCUT2D eigenvalue weighted by Gasteiger charge is 2.13. The highest BCUT2D eigenvalue weighted by Crippen LogP contribution is 2.15. The van der Waals surface area contributed by atoms with Crippen LogP contribution in [0.4, 0.5) is 0 Å². The first-order valence-corrected chi connectivity index (χ1v) is 5.99. The molecule has 3 nitrogen and oxygen atoms in total. The molecule has 1 N–H and O–H groups in total. The minimum absolute atomic E-state index is 0.0802. The smallest absolute Gasteiger partial charge is 0.238 e. The molecule has 1 atom stereocenters. The van der Waals surface area contributed by atoms with Crippen LogP contribution in [0.2, 0.25) is 5.02 Å². The summed E-state index contributed by atoms with van der Waals surface area (Å²) < 4.78 is 0. The lowest BCUT2D eigenvalue weighted by atomic mass is 10.1. The molecule has 94 valence electrons. The van der Waals surface area contributed by atoms with Crippen molar-refractivity contribution in [3.8, 4) is 0 Å². The van der Waals surface area contributed by atoms with Crippen molar-refractivity contribution in [1.82, 2.24) is 10.2 Å². The van der Waals surface area contributed by atoms with Gasteiger partial charge in [0.1, 0.15) is 0 Å². The summed E-state index contributed by atoms with van der Waals surface area (Å²) in [4.78, 5) is 13.2. The zero-order chi connectivity index (χ0) is 13.0. The van der Waals surface area contributed by atoms with Crippen molar-refractivity contribution in [2.75, 3.05) is 14.1 Å². The molecule has 0 bridgehead atoms. The molecular weight excluding hydrogens is 236 g/mol. The molecule has 1 aromatic carbocycles. The van der Waals surface area contributed by atoms with E-state index in [4.69, 9.17) is 11.6 Å². The second-order valence-electron chi connectivity index (χ2n) is 4.41. The minimum Gasteiger partial charge on any atom is -0.347 e. The molecule has 0 fully saturated rings. The largest absolute Gasteiger partial charge is 0.347 e. The van der Waals surface area contributed by atoms with Gasteiger partial charge in [-0.2, -0.15) is 0 Å². The summed E-state index contributed by atoms with van der Waals surface area (Å²) in [6, 6.07) is 5.60. The number of amides is 1. The zero-order valence-corrected chi connectivity index (χ0v) is 11.5. The van der Waals surface area contributed by atoms with Gasteiger partial charge in [-0.3, -0.25) is 4.79 Å². The van der Waals surface area contributed by atoms with Crippen LogP contribution in [0, 0.1) is 6.92 Å². The van der Waals surface area contributed by atoms with Crippen molar-refractivity contribution in [3.05, 3.63) is 34.3 Å². The van der Waals surface area contributed by atoms with E-state index in [2.05, 4.69) is 5.32 Å². The molecule has 0 heterocycles. The lowest BCUT2D eigenvalue weighted by Gasteiger charge is -2.18. The molecule has 0 saturated carbocycles. The van der Waals surface area contributed by atoms with Gasteiger partial charge in [0.2, 0.25) is 5.91 Å². The summed E-state index contributed by atoms with van der Waals surface area (Å²) in [5.74, 6) is 0.0802. The number of carbonyl (C=O) groups excluding carboxylic acids is 1. The number of benzene rings is 1. The van der Waals surface area contributed by atoms with E-state index < -0.39 is 0 Å². The average Bonchev–Trinajstić information content (AvgIpc) is 2.26. The van der Waals surface area contributed by atoms with E-state index in [1.165, 1.54) is 0 Å². The highest BCUT2D eigenvalue weighted by molar-refractivity contribution is 6.30. The van der Waals surface area contributed by atoms with Crippen LogP contribution in [0.25, 0.3) is 0 Å². The van der Waals surface area contributed by atoms with E-state index in [1.54, 1.807) is 19.0 Å². The predicted molar refractivity (Wildman–Crippen MR) is 71.2 cm³/mol. The molecule has 0 aliphatic heterocycles. The number of aryl methyl sites for hydroxylation is 1. The van der Waals surface area contributed by atoms with Gasteiger partial charge in [0.15, 0.2) is 0 Å². The Balaban J connectivity index is 2.59. The molecule has 0 aliphatic rings. The normalized spacial score (nSPS) is 12.3. The Morgan fingerprint density at radius 3 is 2.65 bits per heavy atom. The van der Waals surface area contributed by atoms with E-state index in [-0.39, 0.29) is 11.9 Å². The van der Waals surface area contributed by atoms with Crippen molar-refractivity contribution in [1.29, 1.82) is 0 Å². The zero-order valence-electron chi connectivity index (χ0n) is 10.7. The Labute approximate surface area is 108 Å². The summed E-state index contributed by atoms with van der Waals surface area (Å²) in [7, 11) is 3.52. The van der Waals surface area contributed by atoms with Gasteiger partial charge in [0.05, 0.1) is 6.04 Å². The van der Waals surface area contributed by atoms with Gasteiger partial charge >= 0.3 is 0 Å². The van der Waals surface area contributed by atoms with Crippen LogP contribution in [-0.4, -0.2) is 30.9 Å². The predicted octanol–water partition coefficient (Wildman–Crippen LogP) is 2.21. The Morgan fingerprint density at radius 2 is 2.12 bits per heavy atom. The van der Waals surface area contributed by atoms with Gasteiger partial charge in [-0.15, -0.1) is 0 Å². The van der Waals surface area contributed by atoms with Crippen LogP contribution in [0.5, 0.6) is 0 Å². The highest BCUT2D eigenvalue weighted by atomic mass is 35.5. The van der Waals surface area contributed by atoms with Crippen LogP contribution in [-0.2, 0) is 11.3 Å². The molecule has 1 amide bonds. The van der Waals surface area contributed by atoms with Crippen molar-refractivity contribution in [2.24, 2.45) is 0 Å². The number of carbonyl (C=O) groups is 1. The second kappa shape index (κ2) is 6.03. The molecule has 0 aliphatic carbocycles. The first-order valence-electron chi connectivity index (χ1n) is 5.61. The third kappa shape index (κ3) is 4.02. The summed E-state index contributed by atoms with van der Waals surface area (Å²) in [5, 5.41) is 3.95. The van der Waals surface area contributed by atoms with Gasteiger partial charge < -0.3 is 10.2 Å². The lowest BCUT2D eigenvalue weighted by molar-refractivity contribution is -0.130. The molecule has 0 spiro atoms. The van der Waals surface area contributed by atoms with E-state index in [0.717, 1.165) is 16.1 Å². The molecular formula is C13H19ClN2O. The van der Waals surface area contributed by atoms with Gasteiger partial charge in [0.25, 0.3) is 0 Å². The maximum Gasteiger partial charge on any atom is 0.238 e. The molecule has 0 saturated heterocycles. The number of rotatable bonds is 4. The number of hydrogen-bond donors (Lipinski definition) is 1. The van der Waals surface area contributed by atoms with Crippen LogP contribution >= 0.6 is 11.6 Å². The fourth-order valence-corrected chi connectivity index (χ4v) is 1.82. The monoisotopic (exact) mass is 254 g/mol. The molecule has 1 aromatic rings. The van der Waals surface area contributed by atoms with E-state index in [0.29, 0.717) is 6.54 Å². The van der Waals surface area contributed by atoms with E-state index in [9.17, 15) is 4.79 Å². The Bertz CT molecular complexity index is 404. The van der Waals surface area contributed by atoms with Crippen LogP contribution < -0.4 is 5.32 Å². The third-order valence-corrected chi connectivity index (χ3v) is 2.95. The maximum absolute atomic E-state index is 11.6. The van der Waals surface area contributed by atoms with Crippen LogP contribution in [0.15, 0.2) is 18.2 Å².